The summed E-state index contributed by atoms with van der Waals surface area (Å²) in [5.74, 6) is 1.06. The number of benzene rings is 1. The maximum absolute atomic E-state index is 12.6. The van der Waals surface area contributed by atoms with Crippen LogP contribution in [0.3, 0.4) is 0 Å². The van der Waals surface area contributed by atoms with Gasteiger partial charge in [0.05, 0.1) is 6.04 Å². The van der Waals surface area contributed by atoms with Crippen LogP contribution in [-0.2, 0) is 16.1 Å². The molecule has 3 atom stereocenters. The molecule has 0 aromatic heterocycles. The molecule has 0 spiro atoms. The van der Waals surface area contributed by atoms with Crippen LogP contribution in [0.25, 0.3) is 0 Å². The zero-order valence-electron chi connectivity index (χ0n) is 17.1. The molecular formula is C23H34ClN3O2. The van der Waals surface area contributed by atoms with Gasteiger partial charge in [0.2, 0.25) is 11.8 Å². The maximum atomic E-state index is 12.6. The predicted octanol–water partition coefficient (Wildman–Crippen LogP) is 4.16. The maximum Gasteiger partial charge on any atom is 0.237 e. The first-order valence-electron chi connectivity index (χ1n) is 11.1. The summed E-state index contributed by atoms with van der Waals surface area (Å²) in [5, 5.41) is 9.68. The second kappa shape index (κ2) is 10.4. The molecule has 1 saturated heterocycles. The lowest BCUT2D eigenvalue weighted by Gasteiger charge is -2.24. The smallest absolute Gasteiger partial charge is 0.237 e. The molecule has 2 saturated carbocycles. The van der Waals surface area contributed by atoms with E-state index in [4.69, 9.17) is 0 Å². The number of halogens is 1. The van der Waals surface area contributed by atoms with Gasteiger partial charge < -0.3 is 16.0 Å². The van der Waals surface area contributed by atoms with Crippen LogP contribution < -0.4 is 16.0 Å². The number of hydrogen-bond acceptors (Lipinski definition) is 3. The Hall–Kier alpha value is -1.59. The minimum absolute atomic E-state index is 0. The fraction of sp³-hybridized carbons (Fsp3) is 0.652. The molecular weight excluding hydrogens is 386 g/mol. The van der Waals surface area contributed by atoms with E-state index in [1.165, 1.54) is 32.1 Å². The summed E-state index contributed by atoms with van der Waals surface area (Å²) in [6.45, 7) is 0.499. The molecule has 160 valence electrons. The first kappa shape index (κ1) is 22.1. The molecule has 0 bridgehead atoms. The topological polar surface area (TPSA) is 70.2 Å². The van der Waals surface area contributed by atoms with Crippen LogP contribution in [0.5, 0.6) is 0 Å². The second-order valence-corrected chi connectivity index (χ2v) is 8.85. The minimum Gasteiger partial charge on any atom is -0.351 e. The quantitative estimate of drug-likeness (QED) is 0.670. The Balaban J connectivity index is 0.00000240. The Labute approximate surface area is 180 Å². The average Bonchev–Trinajstić information content (AvgIpc) is 3.17. The van der Waals surface area contributed by atoms with E-state index in [0.717, 1.165) is 43.4 Å². The van der Waals surface area contributed by atoms with Crippen LogP contribution in [-0.4, -0.2) is 23.9 Å². The molecule has 2 aliphatic carbocycles. The highest BCUT2D eigenvalue weighted by atomic mass is 35.5. The zero-order chi connectivity index (χ0) is 19.3. The molecule has 0 radical (unpaired) electrons. The fourth-order valence-corrected chi connectivity index (χ4v) is 5.20. The highest BCUT2D eigenvalue weighted by Gasteiger charge is 2.38. The van der Waals surface area contributed by atoms with Crippen molar-refractivity contribution in [2.75, 3.05) is 5.32 Å². The van der Waals surface area contributed by atoms with Gasteiger partial charge in [-0.3, -0.25) is 9.59 Å². The fourth-order valence-electron chi connectivity index (χ4n) is 5.20. The molecule has 3 N–H and O–H groups in total. The molecule has 1 aromatic rings. The number of hydrogen-bond donors (Lipinski definition) is 3. The Morgan fingerprint density at radius 2 is 1.72 bits per heavy atom. The van der Waals surface area contributed by atoms with Crippen molar-refractivity contribution >= 4 is 29.9 Å². The van der Waals surface area contributed by atoms with Gasteiger partial charge in [0, 0.05) is 24.2 Å². The van der Waals surface area contributed by atoms with E-state index in [0.29, 0.717) is 18.5 Å². The number of nitrogens with one attached hydrogen (secondary N) is 3. The van der Waals surface area contributed by atoms with E-state index in [2.05, 4.69) is 16.0 Å². The lowest BCUT2D eigenvalue weighted by atomic mass is 9.85. The lowest BCUT2D eigenvalue weighted by Crippen LogP contribution is -2.42. The summed E-state index contributed by atoms with van der Waals surface area (Å²) in [6.07, 6.45) is 11.6. The Morgan fingerprint density at radius 1 is 0.966 bits per heavy atom. The molecule has 1 aliphatic heterocycles. The van der Waals surface area contributed by atoms with Gasteiger partial charge in [-0.25, -0.2) is 0 Å². The molecule has 3 aliphatic rings. The molecule has 29 heavy (non-hydrogen) atoms. The van der Waals surface area contributed by atoms with Gasteiger partial charge in [0.1, 0.15) is 0 Å². The monoisotopic (exact) mass is 419 g/mol. The third kappa shape index (κ3) is 5.73. The lowest BCUT2D eigenvalue weighted by molar-refractivity contribution is -0.123. The molecule has 4 rings (SSSR count). The average molecular weight is 420 g/mol. The van der Waals surface area contributed by atoms with E-state index in [1.54, 1.807) is 0 Å². The van der Waals surface area contributed by atoms with Crippen molar-refractivity contribution in [2.45, 2.75) is 82.8 Å². The summed E-state index contributed by atoms with van der Waals surface area (Å²) in [7, 11) is 0. The van der Waals surface area contributed by atoms with Crippen LogP contribution in [0.1, 0.15) is 69.8 Å². The number of anilines is 1. The van der Waals surface area contributed by atoms with Crippen LogP contribution in [0, 0.1) is 11.8 Å². The van der Waals surface area contributed by atoms with Crippen molar-refractivity contribution in [2.24, 2.45) is 11.8 Å². The number of fused-ring (bicyclic) bond motifs is 1. The SMILES string of the molecule is Cl.O=C(Nc1cccc(CNC(=O)C2CC3CCCCC3N2)c1)C1CCCCC1. The van der Waals surface area contributed by atoms with Crippen molar-refractivity contribution in [1.82, 2.24) is 10.6 Å². The van der Waals surface area contributed by atoms with Gasteiger partial charge in [-0.2, -0.15) is 0 Å². The second-order valence-electron chi connectivity index (χ2n) is 8.85. The summed E-state index contributed by atoms with van der Waals surface area (Å²) in [5.41, 5.74) is 1.84. The van der Waals surface area contributed by atoms with Gasteiger partial charge in [-0.15, -0.1) is 12.4 Å². The van der Waals surface area contributed by atoms with E-state index in [-0.39, 0.29) is 36.2 Å². The summed E-state index contributed by atoms with van der Waals surface area (Å²) < 4.78 is 0. The van der Waals surface area contributed by atoms with Crippen molar-refractivity contribution in [1.29, 1.82) is 0 Å². The van der Waals surface area contributed by atoms with E-state index >= 15 is 0 Å². The van der Waals surface area contributed by atoms with Crippen molar-refractivity contribution in [3.05, 3.63) is 29.8 Å². The predicted molar refractivity (Wildman–Crippen MR) is 118 cm³/mol. The Morgan fingerprint density at radius 3 is 2.52 bits per heavy atom. The molecule has 3 unspecified atom stereocenters. The largest absolute Gasteiger partial charge is 0.351 e. The number of rotatable bonds is 5. The first-order valence-corrected chi connectivity index (χ1v) is 11.1. The molecule has 2 amide bonds. The van der Waals surface area contributed by atoms with Gasteiger partial charge >= 0.3 is 0 Å². The van der Waals surface area contributed by atoms with Gasteiger partial charge in [0.25, 0.3) is 0 Å². The van der Waals surface area contributed by atoms with Gasteiger partial charge in [-0.05, 0) is 55.7 Å². The highest BCUT2D eigenvalue weighted by molar-refractivity contribution is 5.92. The summed E-state index contributed by atoms with van der Waals surface area (Å²) >= 11 is 0. The number of amides is 2. The summed E-state index contributed by atoms with van der Waals surface area (Å²) in [4.78, 5) is 25.0. The Bertz CT molecular complexity index is 691. The van der Waals surface area contributed by atoms with Crippen LogP contribution in [0.4, 0.5) is 5.69 Å². The molecule has 3 fully saturated rings. The van der Waals surface area contributed by atoms with E-state index in [1.807, 2.05) is 24.3 Å². The van der Waals surface area contributed by atoms with Gasteiger partial charge in [0.15, 0.2) is 0 Å². The normalized spacial score (nSPS) is 26.8. The van der Waals surface area contributed by atoms with Crippen LogP contribution >= 0.6 is 12.4 Å². The molecule has 1 aromatic carbocycles. The minimum atomic E-state index is -0.0534. The zero-order valence-corrected chi connectivity index (χ0v) is 17.9. The van der Waals surface area contributed by atoms with Crippen molar-refractivity contribution in [3.8, 4) is 0 Å². The Kier molecular flexibility index (Phi) is 7.96. The number of carbonyl (C=O) groups is 2. The van der Waals surface area contributed by atoms with E-state index < -0.39 is 0 Å². The molecule has 6 heteroatoms. The van der Waals surface area contributed by atoms with Gasteiger partial charge in [-0.1, -0.05) is 44.2 Å². The molecule has 5 nitrogen and oxygen atoms in total. The van der Waals surface area contributed by atoms with E-state index in [9.17, 15) is 9.59 Å². The third-order valence-corrected chi connectivity index (χ3v) is 6.82. The van der Waals surface area contributed by atoms with Crippen molar-refractivity contribution < 1.29 is 9.59 Å². The first-order chi connectivity index (χ1) is 13.7. The highest BCUT2D eigenvalue weighted by Crippen LogP contribution is 2.33. The van der Waals surface area contributed by atoms with Crippen molar-refractivity contribution in [3.63, 3.8) is 0 Å². The number of carbonyl (C=O) groups excluding carboxylic acids is 2. The summed E-state index contributed by atoms with van der Waals surface area (Å²) in [6, 6.07) is 8.32. The third-order valence-electron chi connectivity index (χ3n) is 6.82. The van der Waals surface area contributed by atoms with Crippen LogP contribution in [0.2, 0.25) is 0 Å². The van der Waals surface area contributed by atoms with Crippen LogP contribution in [0.15, 0.2) is 24.3 Å². The standard InChI is InChI=1S/C23H33N3O2.ClH/c27-22(17-8-2-1-3-9-17)25-19-11-6-7-16(13-19)15-24-23(28)21-14-18-10-4-5-12-20(18)26-21;/h6-7,11,13,17-18,20-21,26H,1-5,8-10,12,14-15H2,(H,24,28)(H,25,27);1H. The molecule has 1 heterocycles.